The zero-order valence-electron chi connectivity index (χ0n) is 14.9. The van der Waals surface area contributed by atoms with E-state index in [0.717, 1.165) is 30.2 Å². The van der Waals surface area contributed by atoms with Crippen LogP contribution in [0, 0.1) is 5.41 Å². The van der Waals surface area contributed by atoms with E-state index in [1.165, 1.54) is 0 Å². The summed E-state index contributed by atoms with van der Waals surface area (Å²) in [6.07, 6.45) is 0.920. The molecule has 128 valence electrons. The summed E-state index contributed by atoms with van der Waals surface area (Å²) in [5, 5.41) is 0. The Morgan fingerprint density at radius 1 is 1.23 bits per heavy atom. The third kappa shape index (κ3) is 6.90. The summed E-state index contributed by atoms with van der Waals surface area (Å²) < 4.78 is 19.7. The summed E-state index contributed by atoms with van der Waals surface area (Å²) >= 11 is 0. The van der Waals surface area contributed by atoms with Crippen molar-refractivity contribution in [3.8, 4) is 5.75 Å². The van der Waals surface area contributed by atoms with Crippen molar-refractivity contribution in [1.29, 1.82) is 0 Å². The van der Waals surface area contributed by atoms with Gasteiger partial charge < -0.3 is 10.5 Å². The van der Waals surface area contributed by atoms with E-state index >= 15 is 0 Å². The Labute approximate surface area is 138 Å². The van der Waals surface area contributed by atoms with Crippen molar-refractivity contribution >= 4 is 11.0 Å². The second-order valence-electron chi connectivity index (χ2n) is 5.58. The maximum absolute atomic E-state index is 12.6. The third-order valence-corrected chi connectivity index (χ3v) is 4.81. The van der Waals surface area contributed by atoms with E-state index in [1.807, 2.05) is 49.3 Å². The topological polar surface area (TPSA) is 55.6 Å². The van der Waals surface area contributed by atoms with Gasteiger partial charge in [-0.15, -0.1) is 0 Å². The van der Waals surface area contributed by atoms with Gasteiger partial charge >= 0.3 is 0 Å². The number of rotatable bonds is 8. The van der Waals surface area contributed by atoms with Gasteiger partial charge in [-0.1, -0.05) is 34.6 Å². The summed E-state index contributed by atoms with van der Waals surface area (Å²) in [5.74, 6) is 0.775. The highest BCUT2D eigenvalue weighted by Gasteiger charge is 2.24. The molecule has 0 saturated heterocycles. The minimum Gasteiger partial charge on any atom is -0.497 e. The Bertz CT molecular complexity index is 433. The second kappa shape index (κ2) is 10.8. The van der Waals surface area contributed by atoms with Crippen molar-refractivity contribution in [3.05, 3.63) is 24.3 Å². The van der Waals surface area contributed by atoms with Crippen molar-refractivity contribution in [3.63, 3.8) is 0 Å². The van der Waals surface area contributed by atoms with E-state index in [0.29, 0.717) is 6.54 Å². The average Bonchev–Trinajstić information content (AvgIpc) is 2.54. The fourth-order valence-corrected chi connectivity index (χ4v) is 3.44. The molecule has 0 bridgehead atoms. The number of ether oxygens (including phenoxy) is 1. The molecule has 0 aliphatic heterocycles. The van der Waals surface area contributed by atoms with Gasteiger partial charge in [-0.25, -0.2) is 8.51 Å². The van der Waals surface area contributed by atoms with Crippen LogP contribution < -0.4 is 10.5 Å². The monoisotopic (exact) mass is 328 g/mol. The van der Waals surface area contributed by atoms with Crippen LogP contribution in [0.5, 0.6) is 5.75 Å². The summed E-state index contributed by atoms with van der Waals surface area (Å²) in [6, 6.07) is 7.39. The van der Waals surface area contributed by atoms with Gasteiger partial charge in [-0.05, 0) is 42.6 Å². The summed E-state index contributed by atoms with van der Waals surface area (Å²) in [7, 11) is 0.480. The van der Waals surface area contributed by atoms with Crippen LogP contribution in [0.1, 0.15) is 41.0 Å². The van der Waals surface area contributed by atoms with Crippen molar-refractivity contribution < 1.29 is 8.95 Å². The standard InChI is InChI=1S/C15H26N2O2S.C2H6/c1-5-17(12-15(2,3)10-11-16)20(18)14-8-6-13(19-4)7-9-14;1-2/h6-9H,5,10-12,16H2,1-4H3;1-2H3. The lowest BCUT2D eigenvalue weighted by atomic mass is 9.89. The summed E-state index contributed by atoms with van der Waals surface area (Å²) in [4.78, 5) is 0.802. The predicted molar refractivity (Wildman–Crippen MR) is 95.4 cm³/mol. The van der Waals surface area contributed by atoms with Gasteiger partial charge in [0.05, 0.1) is 12.0 Å². The molecule has 5 heteroatoms. The first-order chi connectivity index (χ1) is 10.4. The average molecular weight is 329 g/mol. The molecule has 0 spiro atoms. The van der Waals surface area contributed by atoms with E-state index in [9.17, 15) is 4.21 Å². The molecule has 1 atom stereocenters. The van der Waals surface area contributed by atoms with Gasteiger partial charge in [0.15, 0.2) is 0 Å². The Morgan fingerprint density at radius 2 is 1.77 bits per heavy atom. The largest absolute Gasteiger partial charge is 0.497 e. The lowest BCUT2D eigenvalue weighted by molar-refractivity contribution is 0.259. The van der Waals surface area contributed by atoms with Gasteiger partial charge in [-0.3, -0.25) is 0 Å². The number of nitrogens with zero attached hydrogens (tertiary/aromatic N) is 1. The number of hydrogen-bond acceptors (Lipinski definition) is 3. The zero-order valence-corrected chi connectivity index (χ0v) is 15.7. The van der Waals surface area contributed by atoms with Crippen LogP contribution in [0.4, 0.5) is 0 Å². The molecule has 0 amide bonds. The van der Waals surface area contributed by atoms with Crippen molar-refractivity contribution in [2.45, 2.75) is 45.9 Å². The molecule has 1 rings (SSSR count). The highest BCUT2D eigenvalue weighted by atomic mass is 32.2. The highest BCUT2D eigenvalue weighted by molar-refractivity contribution is 7.82. The number of benzene rings is 1. The van der Waals surface area contributed by atoms with E-state index in [2.05, 4.69) is 13.8 Å². The Morgan fingerprint density at radius 3 is 2.18 bits per heavy atom. The Kier molecular flexibility index (Phi) is 10.3. The van der Waals surface area contributed by atoms with Crippen LogP contribution in [-0.4, -0.2) is 35.3 Å². The summed E-state index contributed by atoms with van der Waals surface area (Å²) in [6.45, 7) is 12.5. The van der Waals surface area contributed by atoms with Crippen LogP contribution in [0.15, 0.2) is 29.2 Å². The van der Waals surface area contributed by atoms with E-state index < -0.39 is 11.0 Å². The van der Waals surface area contributed by atoms with E-state index in [4.69, 9.17) is 10.5 Å². The fourth-order valence-electron chi connectivity index (χ4n) is 2.08. The molecule has 0 radical (unpaired) electrons. The lowest BCUT2D eigenvalue weighted by Crippen LogP contribution is -2.36. The predicted octanol–water partition coefficient (Wildman–Crippen LogP) is 3.44. The molecule has 0 aromatic heterocycles. The first kappa shape index (κ1) is 21.1. The quantitative estimate of drug-likeness (QED) is 0.795. The van der Waals surface area contributed by atoms with Crippen LogP contribution in [0.2, 0.25) is 0 Å². The molecule has 0 saturated carbocycles. The summed E-state index contributed by atoms with van der Waals surface area (Å²) in [5.41, 5.74) is 5.71. The third-order valence-electron chi connectivity index (χ3n) is 3.27. The van der Waals surface area contributed by atoms with Crippen LogP contribution in [0.25, 0.3) is 0 Å². The molecule has 1 unspecified atom stereocenters. The number of hydrogen-bond donors (Lipinski definition) is 1. The smallest absolute Gasteiger partial charge is 0.127 e. The zero-order chi connectivity index (χ0) is 17.2. The number of methoxy groups -OCH3 is 1. The molecule has 2 N–H and O–H groups in total. The van der Waals surface area contributed by atoms with Crippen LogP contribution >= 0.6 is 0 Å². The van der Waals surface area contributed by atoms with E-state index in [-0.39, 0.29) is 5.41 Å². The molecule has 1 aromatic carbocycles. The lowest BCUT2D eigenvalue weighted by Gasteiger charge is -2.30. The van der Waals surface area contributed by atoms with Crippen molar-refractivity contribution in [2.24, 2.45) is 11.1 Å². The first-order valence-corrected chi connectivity index (χ1v) is 9.05. The minimum atomic E-state index is -1.14. The van der Waals surface area contributed by atoms with Gasteiger partial charge in [0.25, 0.3) is 0 Å². The van der Waals surface area contributed by atoms with E-state index in [1.54, 1.807) is 7.11 Å². The van der Waals surface area contributed by atoms with Crippen LogP contribution in [0.3, 0.4) is 0 Å². The first-order valence-electron chi connectivity index (χ1n) is 7.94. The molecule has 22 heavy (non-hydrogen) atoms. The van der Waals surface area contributed by atoms with Crippen molar-refractivity contribution in [2.75, 3.05) is 26.7 Å². The molecule has 0 aliphatic carbocycles. The van der Waals surface area contributed by atoms with Gasteiger partial charge in [0, 0.05) is 13.1 Å². The van der Waals surface area contributed by atoms with Crippen molar-refractivity contribution in [1.82, 2.24) is 4.31 Å². The normalized spacial score (nSPS) is 12.5. The van der Waals surface area contributed by atoms with Crippen LogP contribution in [-0.2, 0) is 11.0 Å². The fraction of sp³-hybridized carbons (Fsp3) is 0.647. The molecule has 4 nitrogen and oxygen atoms in total. The molecular formula is C17H32N2O2S. The molecule has 1 aromatic rings. The van der Waals surface area contributed by atoms with Gasteiger partial charge in [0.1, 0.15) is 16.7 Å². The molecule has 0 aliphatic rings. The maximum atomic E-state index is 12.6. The SMILES string of the molecule is CC.CCN(CC(C)(C)CCN)S(=O)c1ccc(OC)cc1. The highest BCUT2D eigenvalue weighted by Crippen LogP contribution is 2.24. The van der Waals surface area contributed by atoms with Gasteiger partial charge in [-0.2, -0.15) is 0 Å². The number of nitrogens with two attached hydrogens (primary N) is 1. The minimum absolute atomic E-state index is 0.0624. The second-order valence-corrected chi connectivity index (χ2v) is 7.07. The Balaban J connectivity index is 0.00000211. The van der Waals surface area contributed by atoms with Gasteiger partial charge in [0.2, 0.25) is 0 Å². The maximum Gasteiger partial charge on any atom is 0.127 e. The molecule has 0 fully saturated rings. The molecular weight excluding hydrogens is 296 g/mol. The Hall–Kier alpha value is -0.910. The molecule has 0 heterocycles.